The van der Waals surface area contributed by atoms with Crippen LogP contribution in [0, 0.1) is 0 Å². The van der Waals surface area contributed by atoms with Crippen LogP contribution >= 0.6 is 11.8 Å². The molecule has 2 aliphatic rings. The Morgan fingerprint density at radius 1 is 1.14 bits per heavy atom. The minimum absolute atomic E-state index is 0.734. The summed E-state index contributed by atoms with van der Waals surface area (Å²) in [6, 6.07) is 0. The highest BCUT2D eigenvalue weighted by molar-refractivity contribution is 8.00. The van der Waals surface area contributed by atoms with Gasteiger partial charge in [0.2, 0.25) is 0 Å². The van der Waals surface area contributed by atoms with Crippen molar-refractivity contribution in [2.24, 2.45) is 4.99 Å². The Balaban J connectivity index is 1.64. The van der Waals surface area contributed by atoms with Gasteiger partial charge in [0.25, 0.3) is 0 Å². The third-order valence-electron chi connectivity index (χ3n) is 4.45. The zero-order valence-electron chi connectivity index (χ0n) is 14.3. The summed E-state index contributed by atoms with van der Waals surface area (Å²) in [6.07, 6.45) is 2.69. The van der Waals surface area contributed by atoms with E-state index in [-0.39, 0.29) is 0 Å². The van der Waals surface area contributed by atoms with Gasteiger partial charge in [-0.25, -0.2) is 0 Å². The Hall–Kier alpha value is -0.460. The van der Waals surface area contributed by atoms with Crippen LogP contribution in [-0.2, 0) is 0 Å². The van der Waals surface area contributed by atoms with Crippen molar-refractivity contribution in [3.8, 4) is 0 Å². The highest BCUT2D eigenvalue weighted by atomic mass is 32.2. The van der Waals surface area contributed by atoms with Gasteiger partial charge in [-0.1, -0.05) is 6.92 Å². The van der Waals surface area contributed by atoms with Crippen LogP contribution in [0.25, 0.3) is 0 Å². The Morgan fingerprint density at radius 2 is 1.91 bits per heavy atom. The predicted molar refractivity (Wildman–Crippen MR) is 98.0 cm³/mol. The number of likely N-dealkylation sites (N-methyl/N-ethyl adjacent to an activating group) is 1. The van der Waals surface area contributed by atoms with Crippen LogP contribution < -0.4 is 10.6 Å². The minimum atomic E-state index is 0.734. The van der Waals surface area contributed by atoms with Gasteiger partial charge >= 0.3 is 0 Å². The molecule has 2 rings (SSSR count). The van der Waals surface area contributed by atoms with Crippen molar-refractivity contribution in [3.05, 3.63) is 0 Å². The zero-order valence-corrected chi connectivity index (χ0v) is 15.1. The monoisotopic (exact) mass is 327 g/mol. The van der Waals surface area contributed by atoms with Gasteiger partial charge in [0.1, 0.15) is 0 Å². The first-order chi connectivity index (χ1) is 10.8. The molecule has 1 atom stereocenters. The summed E-state index contributed by atoms with van der Waals surface area (Å²) >= 11 is 2.08. The normalized spacial score (nSPS) is 24.6. The fourth-order valence-electron chi connectivity index (χ4n) is 2.98. The van der Waals surface area contributed by atoms with E-state index in [1.165, 1.54) is 51.3 Å². The van der Waals surface area contributed by atoms with Crippen LogP contribution in [-0.4, -0.2) is 85.7 Å². The standard InChI is InChI=1S/C16H33N5S/c1-3-17-16(19-14-15-6-5-13-22-15)18-7-8-21-11-9-20(4-2)10-12-21/h15H,3-14H2,1-2H3,(H2,17,18,19). The fourth-order valence-corrected chi connectivity index (χ4v) is 4.16. The SMILES string of the molecule is CCNC(=NCC1CCCS1)NCCN1CCN(CC)CC1. The molecule has 2 heterocycles. The molecule has 0 aromatic rings. The number of nitrogens with one attached hydrogen (secondary N) is 2. The predicted octanol–water partition coefficient (Wildman–Crippen LogP) is 1.07. The van der Waals surface area contributed by atoms with Crippen LogP contribution in [0.3, 0.4) is 0 Å². The third-order valence-corrected chi connectivity index (χ3v) is 5.83. The highest BCUT2D eigenvalue weighted by Gasteiger charge is 2.16. The lowest BCUT2D eigenvalue weighted by molar-refractivity contribution is 0.139. The zero-order chi connectivity index (χ0) is 15.6. The van der Waals surface area contributed by atoms with Gasteiger partial charge in [-0.15, -0.1) is 0 Å². The van der Waals surface area contributed by atoms with E-state index >= 15 is 0 Å². The van der Waals surface area contributed by atoms with E-state index in [9.17, 15) is 0 Å². The van der Waals surface area contributed by atoms with Crippen LogP contribution in [0.5, 0.6) is 0 Å². The molecular formula is C16H33N5S. The van der Waals surface area contributed by atoms with Crippen molar-refractivity contribution in [1.82, 2.24) is 20.4 Å². The lowest BCUT2D eigenvalue weighted by Crippen LogP contribution is -2.49. The second-order valence-electron chi connectivity index (χ2n) is 6.06. The molecule has 2 aliphatic heterocycles. The van der Waals surface area contributed by atoms with Crippen molar-refractivity contribution in [3.63, 3.8) is 0 Å². The molecule has 0 saturated carbocycles. The van der Waals surface area contributed by atoms with Crippen molar-refractivity contribution < 1.29 is 0 Å². The minimum Gasteiger partial charge on any atom is -0.357 e. The molecule has 0 aliphatic carbocycles. The van der Waals surface area contributed by atoms with E-state index in [1.807, 2.05) is 0 Å². The fraction of sp³-hybridized carbons (Fsp3) is 0.938. The smallest absolute Gasteiger partial charge is 0.191 e. The van der Waals surface area contributed by atoms with E-state index in [0.717, 1.165) is 37.4 Å². The molecule has 0 amide bonds. The van der Waals surface area contributed by atoms with E-state index in [1.54, 1.807) is 0 Å². The van der Waals surface area contributed by atoms with E-state index < -0.39 is 0 Å². The van der Waals surface area contributed by atoms with Gasteiger partial charge < -0.3 is 15.5 Å². The Bertz CT molecular complexity index is 322. The van der Waals surface area contributed by atoms with Crippen molar-refractivity contribution in [2.45, 2.75) is 31.9 Å². The quantitative estimate of drug-likeness (QED) is 0.541. The lowest BCUT2D eigenvalue weighted by atomic mass is 10.2. The van der Waals surface area contributed by atoms with Crippen LogP contribution in [0.1, 0.15) is 26.7 Å². The molecule has 128 valence electrons. The maximum atomic E-state index is 4.75. The van der Waals surface area contributed by atoms with Gasteiger partial charge in [0.05, 0.1) is 6.54 Å². The average Bonchev–Trinajstić information content (AvgIpc) is 3.06. The summed E-state index contributed by atoms with van der Waals surface area (Å²) in [7, 11) is 0. The Labute approximate surface area is 140 Å². The summed E-state index contributed by atoms with van der Waals surface area (Å²) in [5, 5.41) is 7.59. The molecule has 5 nitrogen and oxygen atoms in total. The summed E-state index contributed by atoms with van der Waals surface area (Å²) in [4.78, 5) is 9.82. The molecule has 2 saturated heterocycles. The molecule has 22 heavy (non-hydrogen) atoms. The number of hydrogen-bond donors (Lipinski definition) is 2. The number of guanidine groups is 1. The molecule has 0 spiro atoms. The second kappa shape index (κ2) is 10.3. The Kier molecular flexibility index (Phi) is 8.41. The van der Waals surface area contributed by atoms with Gasteiger partial charge in [0, 0.05) is 51.1 Å². The number of thioether (sulfide) groups is 1. The first-order valence-corrected chi connectivity index (χ1v) is 9.95. The molecule has 0 aromatic heterocycles. The summed E-state index contributed by atoms with van der Waals surface area (Å²) in [5.41, 5.74) is 0. The van der Waals surface area contributed by atoms with Crippen LogP contribution in [0.2, 0.25) is 0 Å². The number of nitrogens with zero attached hydrogens (tertiary/aromatic N) is 3. The molecule has 0 bridgehead atoms. The topological polar surface area (TPSA) is 42.9 Å². The first-order valence-electron chi connectivity index (χ1n) is 8.90. The van der Waals surface area contributed by atoms with Gasteiger partial charge in [-0.05, 0) is 32.1 Å². The van der Waals surface area contributed by atoms with Crippen LogP contribution in [0.4, 0.5) is 0 Å². The number of rotatable bonds is 7. The molecular weight excluding hydrogens is 294 g/mol. The lowest BCUT2D eigenvalue weighted by Gasteiger charge is -2.34. The largest absolute Gasteiger partial charge is 0.357 e. The van der Waals surface area contributed by atoms with E-state index in [2.05, 4.69) is 46.0 Å². The van der Waals surface area contributed by atoms with Crippen molar-refractivity contribution in [2.75, 3.05) is 64.7 Å². The maximum Gasteiger partial charge on any atom is 0.191 e. The van der Waals surface area contributed by atoms with E-state index in [4.69, 9.17) is 4.99 Å². The van der Waals surface area contributed by atoms with Crippen molar-refractivity contribution >= 4 is 17.7 Å². The third kappa shape index (κ3) is 6.34. The van der Waals surface area contributed by atoms with Gasteiger partial charge in [-0.2, -0.15) is 11.8 Å². The maximum absolute atomic E-state index is 4.75. The molecule has 0 aromatic carbocycles. The average molecular weight is 328 g/mol. The molecule has 1 unspecified atom stereocenters. The van der Waals surface area contributed by atoms with Gasteiger partial charge in [-0.3, -0.25) is 9.89 Å². The Morgan fingerprint density at radius 3 is 2.55 bits per heavy atom. The summed E-state index contributed by atoms with van der Waals surface area (Å²) < 4.78 is 0. The highest BCUT2D eigenvalue weighted by Crippen LogP contribution is 2.25. The van der Waals surface area contributed by atoms with Crippen molar-refractivity contribution in [1.29, 1.82) is 0 Å². The molecule has 0 radical (unpaired) electrons. The molecule has 2 N–H and O–H groups in total. The van der Waals surface area contributed by atoms with Crippen LogP contribution in [0.15, 0.2) is 4.99 Å². The number of hydrogen-bond acceptors (Lipinski definition) is 4. The molecule has 6 heteroatoms. The summed E-state index contributed by atoms with van der Waals surface area (Å²) in [5.74, 6) is 2.30. The number of piperazine rings is 1. The first kappa shape index (κ1) is 17.9. The summed E-state index contributed by atoms with van der Waals surface area (Å²) in [6.45, 7) is 14.4. The second-order valence-corrected chi connectivity index (χ2v) is 7.47. The van der Waals surface area contributed by atoms with Gasteiger partial charge in [0.15, 0.2) is 5.96 Å². The number of aliphatic imine (C=N–C) groups is 1. The van der Waals surface area contributed by atoms with E-state index in [0.29, 0.717) is 0 Å². The molecule has 2 fully saturated rings.